The van der Waals surface area contributed by atoms with Crippen molar-refractivity contribution in [2.45, 2.75) is 19.3 Å². The van der Waals surface area contributed by atoms with Crippen molar-refractivity contribution in [3.05, 3.63) is 87.8 Å². The van der Waals surface area contributed by atoms with Crippen LogP contribution in [0.15, 0.2) is 65.5 Å². The lowest BCUT2D eigenvalue weighted by Gasteiger charge is -2.07. The number of phenols is 1. The van der Waals surface area contributed by atoms with Gasteiger partial charge in [-0.05, 0) is 36.1 Å². The normalized spacial score (nSPS) is 10.6. The molecule has 0 amide bonds. The van der Waals surface area contributed by atoms with E-state index in [1.54, 1.807) is 12.1 Å². The Hall–Kier alpha value is -3.08. The van der Waals surface area contributed by atoms with Gasteiger partial charge >= 0.3 is 0 Å². The molecule has 3 N–H and O–H groups in total. The van der Waals surface area contributed by atoms with Crippen molar-refractivity contribution in [1.82, 2.24) is 9.97 Å². The number of benzene rings is 2. The monoisotopic (exact) mass is 335 g/mol. The number of aromatic nitrogens is 2. The zero-order valence-electron chi connectivity index (χ0n) is 13.9. The molecule has 3 rings (SSSR count). The summed E-state index contributed by atoms with van der Waals surface area (Å²) in [6.07, 6.45) is 2.42. The number of H-pyrrole nitrogens is 1. The molecule has 128 valence electrons. The highest BCUT2D eigenvalue weighted by Gasteiger charge is 2.03. The van der Waals surface area contributed by atoms with Gasteiger partial charge in [0.1, 0.15) is 5.75 Å². The Balaban J connectivity index is 1.55. The van der Waals surface area contributed by atoms with Gasteiger partial charge in [0.15, 0.2) is 0 Å². The van der Waals surface area contributed by atoms with Gasteiger partial charge in [0, 0.05) is 19.0 Å². The standard InChI is InChI=1S/C20H21N3O2/c24-18-10-8-15(9-11-18)7-4-12-21-20-22-17(14-19(25)23-20)13-16-5-2-1-3-6-16/h1-3,5-6,8-11,14,24H,4,7,12-13H2,(H2,21,22,23,25). The maximum absolute atomic E-state index is 11.8. The summed E-state index contributed by atoms with van der Waals surface area (Å²) in [5.74, 6) is 0.781. The van der Waals surface area contributed by atoms with Crippen LogP contribution < -0.4 is 10.9 Å². The smallest absolute Gasteiger partial charge is 0.252 e. The Kier molecular flexibility index (Phi) is 5.46. The largest absolute Gasteiger partial charge is 0.508 e. The van der Waals surface area contributed by atoms with E-state index in [0.29, 0.717) is 18.9 Å². The van der Waals surface area contributed by atoms with Crippen LogP contribution in [-0.4, -0.2) is 21.6 Å². The van der Waals surface area contributed by atoms with Gasteiger partial charge in [-0.2, -0.15) is 0 Å². The van der Waals surface area contributed by atoms with E-state index in [1.807, 2.05) is 42.5 Å². The van der Waals surface area contributed by atoms with Crippen molar-refractivity contribution >= 4 is 5.95 Å². The quantitative estimate of drug-likeness (QED) is 0.580. The maximum atomic E-state index is 11.8. The highest BCUT2D eigenvalue weighted by Crippen LogP contribution is 2.11. The molecule has 5 nitrogen and oxygen atoms in total. The molecule has 0 radical (unpaired) electrons. The third kappa shape index (κ3) is 5.21. The van der Waals surface area contributed by atoms with E-state index in [4.69, 9.17) is 0 Å². The molecule has 5 heteroatoms. The van der Waals surface area contributed by atoms with Crippen LogP contribution in [-0.2, 0) is 12.8 Å². The minimum atomic E-state index is -0.151. The number of anilines is 1. The SMILES string of the molecule is O=c1cc(Cc2ccccc2)nc(NCCCc2ccc(O)cc2)[nH]1. The average molecular weight is 335 g/mol. The maximum Gasteiger partial charge on any atom is 0.252 e. The third-order valence-corrected chi connectivity index (χ3v) is 3.89. The van der Waals surface area contributed by atoms with Gasteiger partial charge in [-0.3, -0.25) is 9.78 Å². The highest BCUT2D eigenvalue weighted by atomic mass is 16.3. The molecule has 2 aromatic carbocycles. The first-order valence-corrected chi connectivity index (χ1v) is 8.35. The predicted molar refractivity (Wildman–Crippen MR) is 99.0 cm³/mol. The molecule has 25 heavy (non-hydrogen) atoms. The zero-order valence-corrected chi connectivity index (χ0v) is 13.9. The number of nitrogens with zero attached hydrogens (tertiary/aromatic N) is 1. The summed E-state index contributed by atoms with van der Waals surface area (Å²) in [5.41, 5.74) is 2.88. The van der Waals surface area contributed by atoms with Crippen molar-refractivity contribution < 1.29 is 5.11 Å². The molecule has 0 spiro atoms. The van der Waals surface area contributed by atoms with E-state index in [-0.39, 0.29) is 11.3 Å². The minimum Gasteiger partial charge on any atom is -0.508 e. The number of nitrogens with one attached hydrogen (secondary N) is 2. The van der Waals surface area contributed by atoms with Gasteiger partial charge in [-0.1, -0.05) is 42.5 Å². The van der Waals surface area contributed by atoms with Gasteiger partial charge in [0.2, 0.25) is 5.95 Å². The molecule has 1 heterocycles. The van der Waals surface area contributed by atoms with Crippen molar-refractivity contribution in [1.29, 1.82) is 0 Å². The fraction of sp³-hybridized carbons (Fsp3) is 0.200. The van der Waals surface area contributed by atoms with Crippen LogP contribution in [0.5, 0.6) is 5.75 Å². The molecule has 0 unspecified atom stereocenters. The van der Waals surface area contributed by atoms with Crippen LogP contribution in [0.3, 0.4) is 0 Å². The molecule has 3 aromatic rings. The summed E-state index contributed by atoms with van der Waals surface area (Å²) in [6, 6.07) is 18.7. The summed E-state index contributed by atoms with van der Waals surface area (Å²) in [4.78, 5) is 19.0. The topological polar surface area (TPSA) is 78.0 Å². The van der Waals surface area contributed by atoms with Crippen LogP contribution in [0.1, 0.15) is 23.2 Å². The lowest BCUT2D eigenvalue weighted by molar-refractivity contribution is 0.475. The number of rotatable bonds is 7. The van der Waals surface area contributed by atoms with E-state index >= 15 is 0 Å². The van der Waals surface area contributed by atoms with Crippen molar-refractivity contribution in [3.63, 3.8) is 0 Å². The minimum absolute atomic E-state index is 0.151. The first kappa shape index (κ1) is 16.8. The number of phenolic OH excluding ortho intramolecular Hbond substituents is 1. The third-order valence-electron chi connectivity index (χ3n) is 3.89. The van der Waals surface area contributed by atoms with E-state index in [9.17, 15) is 9.90 Å². The number of hydrogen-bond acceptors (Lipinski definition) is 4. The van der Waals surface area contributed by atoms with Crippen molar-refractivity contribution in [3.8, 4) is 5.75 Å². The van der Waals surface area contributed by atoms with Crippen LogP contribution >= 0.6 is 0 Å². The molecule has 0 saturated heterocycles. The van der Waals surface area contributed by atoms with Crippen LogP contribution in [0.25, 0.3) is 0 Å². The van der Waals surface area contributed by atoms with Crippen molar-refractivity contribution in [2.24, 2.45) is 0 Å². The number of aromatic amines is 1. The molecule has 0 fully saturated rings. The van der Waals surface area contributed by atoms with Gasteiger partial charge in [0.25, 0.3) is 5.56 Å². The van der Waals surface area contributed by atoms with Gasteiger partial charge < -0.3 is 10.4 Å². The molecule has 0 atom stereocenters. The van der Waals surface area contributed by atoms with Gasteiger partial charge in [-0.15, -0.1) is 0 Å². The van der Waals surface area contributed by atoms with E-state index in [1.165, 1.54) is 11.6 Å². The molecule has 0 aliphatic heterocycles. The van der Waals surface area contributed by atoms with Gasteiger partial charge in [-0.25, -0.2) is 4.98 Å². The summed E-state index contributed by atoms with van der Waals surface area (Å²) in [7, 11) is 0. The second-order valence-corrected chi connectivity index (χ2v) is 5.94. The molecule has 0 aliphatic rings. The van der Waals surface area contributed by atoms with E-state index in [0.717, 1.165) is 24.1 Å². The molecule has 0 bridgehead atoms. The lowest BCUT2D eigenvalue weighted by atomic mass is 10.1. The first-order valence-electron chi connectivity index (χ1n) is 8.35. The molecular weight excluding hydrogens is 314 g/mol. The predicted octanol–water partition coefficient (Wildman–Crippen LogP) is 3.11. The molecular formula is C20H21N3O2. The van der Waals surface area contributed by atoms with E-state index < -0.39 is 0 Å². The zero-order chi connectivity index (χ0) is 17.5. The lowest BCUT2D eigenvalue weighted by Crippen LogP contribution is -2.15. The van der Waals surface area contributed by atoms with Crippen molar-refractivity contribution in [2.75, 3.05) is 11.9 Å². The van der Waals surface area contributed by atoms with Gasteiger partial charge in [0.05, 0.1) is 5.69 Å². The fourth-order valence-corrected chi connectivity index (χ4v) is 2.65. The molecule has 1 aromatic heterocycles. The molecule has 0 aliphatic carbocycles. The second kappa shape index (κ2) is 8.15. The first-order chi connectivity index (χ1) is 12.2. The Morgan fingerprint density at radius 1 is 1.00 bits per heavy atom. The second-order valence-electron chi connectivity index (χ2n) is 5.94. The Morgan fingerprint density at radius 3 is 2.52 bits per heavy atom. The Bertz CT molecular complexity index is 858. The highest BCUT2D eigenvalue weighted by molar-refractivity contribution is 5.29. The molecule has 0 saturated carbocycles. The Labute approximate surface area is 146 Å². The summed E-state index contributed by atoms with van der Waals surface area (Å²) in [6.45, 7) is 0.707. The summed E-state index contributed by atoms with van der Waals surface area (Å²) < 4.78 is 0. The summed E-state index contributed by atoms with van der Waals surface area (Å²) in [5, 5.41) is 12.5. The summed E-state index contributed by atoms with van der Waals surface area (Å²) >= 11 is 0. The fourth-order valence-electron chi connectivity index (χ4n) is 2.65. The van der Waals surface area contributed by atoms with Crippen LogP contribution in [0.2, 0.25) is 0 Å². The van der Waals surface area contributed by atoms with Crippen LogP contribution in [0.4, 0.5) is 5.95 Å². The Morgan fingerprint density at radius 2 is 1.76 bits per heavy atom. The van der Waals surface area contributed by atoms with Crippen LogP contribution in [0, 0.1) is 0 Å². The number of aryl methyl sites for hydroxylation is 1. The number of hydrogen-bond donors (Lipinski definition) is 3. The average Bonchev–Trinajstić information content (AvgIpc) is 2.61. The number of aromatic hydroxyl groups is 1. The van der Waals surface area contributed by atoms with E-state index in [2.05, 4.69) is 15.3 Å².